The van der Waals surface area contributed by atoms with Crippen LogP contribution in [-0.4, -0.2) is 22.3 Å². The maximum absolute atomic E-state index is 11.7. The molecule has 0 aliphatic rings. The molecule has 0 saturated heterocycles. The van der Waals surface area contributed by atoms with Crippen molar-refractivity contribution < 1.29 is 9.63 Å². The monoisotopic (exact) mass is 219 g/mol. The summed E-state index contributed by atoms with van der Waals surface area (Å²) in [5.74, 6) is -0.321. The van der Waals surface area contributed by atoms with Crippen LogP contribution in [-0.2, 0) is 11.9 Å². The molecule has 1 aromatic heterocycles. The van der Waals surface area contributed by atoms with E-state index in [0.717, 1.165) is 10.9 Å². The van der Waals surface area contributed by atoms with Crippen LogP contribution in [0.1, 0.15) is 17.4 Å². The maximum atomic E-state index is 11.7. The van der Waals surface area contributed by atoms with Gasteiger partial charge in [-0.2, -0.15) is 5.10 Å². The summed E-state index contributed by atoms with van der Waals surface area (Å²) in [6.45, 7) is 2.23. The Morgan fingerprint density at radius 2 is 2.25 bits per heavy atom. The van der Waals surface area contributed by atoms with Crippen molar-refractivity contribution in [1.82, 2.24) is 15.3 Å². The zero-order valence-electron chi connectivity index (χ0n) is 9.23. The molecule has 0 unspecified atom stereocenters. The van der Waals surface area contributed by atoms with Crippen LogP contribution in [0.4, 0.5) is 0 Å². The second kappa shape index (κ2) is 4.32. The number of hydrogen-bond acceptors (Lipinski definition) is 3. The largest absolute Gasteiger partial charge is 0.295 e. The molecule has 0 atom stereocenters. The Morgan fingerprint density at radius 3 is 3.00 bits per heavy atom. The minimum Gasteiger partial charge on any atom is -0.274 e. The average molecular weight is 219 g/mol. The Balaban J connectivity index is 2.41. The number of aryl methyl sites for hydroxylation is 1. The molecule has 0 aliphatic carbocycles. The highest BCUT2D eigenvalue weighted by atomic mass is 16.6. The first-order valence-electron chi connectivity index (χ1n) is 5.08. The molecular weight excluding hydrogens is 206 g/mol. The van der Waals surface area contributed by atoms with Gasteiger partial charge >= 0.3 is 0 Å². The third-order valence-electron chi connectivity index (χ3n) is 2.28. The van der Waals surface area contributed by atoms with E-state index in [9.17, 15) is 4.79 Å². The summed E-state index contributed by atoms with van der Waals surface area (Å²) in [6.07, 6.45) is 0. The standard InChI is InChI=1S/C11H13N3O2/c1-3-16-13-11(15)10-8-6-4-5-7-9(8)14(2)12-10/h4-7H,3H2,1-2H3,(H,13,15). The van der Waals surface area contributed by atoms with Crippen LogP contribution in [0.2, 0.25) is 0 Å². The molecule has 0 spiro atoms. The van der Waals surface area contributed by atoms with Gasteiger partial charge in [0, 0.05) is 12.4 Å². The number of hydrogen-bond donors (Lipinski definition) is 1. The van der Waals surface area contributed by atoms with Crippen molar-refractivity contribution in [2.45, 2.75) is 6.92 Å². The van der Waals surface area contributed by atoms with Crippen molar-refractivity contribution in [1.29, 1.82) is 0 Å². The molecule has 2 rings (SSSR count). The molecule has 16 heavy (non-hydrogen) atoms. The molecule has 5 nitrogen and oxygen atoms in total. The number of benzene rings is 1. The third-order valence-corrected chi connectivity index (χ3v) is 2.28. The van der Waals surface area contributed by atoms with Crippen molar-refractivity contribution in [3.63, 3.8) is 0 Å². The van der Waals surface area contributed by atoms with Crippen molar-refractivity contribution in [2.75, 3.05) is 6.61 Å². The maximum Gasteiger partial charge on any atom is 0.295 e. The number of nitrogens with one attached hydrogen (secondary N) is 1. The molecule has 1 amide bonds. The fourth-order valence-electron chi connectivity index (χ4n) is 1.57. The van der Waals surface area contributed by atoms with Crippen molar-refractivity contribution in [2.24, 2.45) is 7.05 Å². The quantitative estimate of drug-likeness (QED) is 0.790. The Morgan fingerprint density at radius 1 is 1.50 bits per heavy atom. The Kier molecular flexibility index (Phi) is 2.87. The number of nitrogens with zero attached hydrogens (tertiary/aromatic N) is 2. The van der Waals surface area contributed by atoms with Gasteiger partial charge in [0.05, 0.1) is 12.1 Å². The zero-order valence-corrected chi connectivity index (χ0v) is 9.23. The van der Waals surface area contributed by atoms with Crippen LogP contribution >= 0.6 is 0 Å². The molecule has 2 aromatic rings. The van der Waals surface area contributed by atoms with E-state index >= 15 is 0 Å². The van der Waals surface area contributed by atoms with Crippen LogP contribution < -0.4 is 5.48 Å². The average Bonchev–Trinajstić information content (AvgIpc) is 2.65. The second-order valence-electron chi connectivity index (χ2n) is 3.35. The van der Waals surface area contributed by atoms with Crippen molar-refractivity contribution in [3.8, 4) is 0 Å². The van der Waals surface area contributed by atoms with Gasteiger partial charge in [0.25, 0.3) is 5.91 Å². The summed E-state index contributed by atoms with van der Waals surface area (Å²) in [6, 6.07) is 7.57. The van der Waals surface area contributed by atoms with E-state index in [2.05, 4.69) is 10.6 Å². The lowest BCUT2D eigenvalue weighted by molar-refractivity contribution is 0.0361. The van der Waals surface area contributed by atoms with Gasteiger partial charge in [0.15, 0.2) is 5.69 Å². The minimum atomic E-state index is -0.321. The number of carbonyl (C=O) groups is 1. The highest BCUT2D eigenvalue weighted by Crippen LogP contribution is 2.16. The zero-order chi connectivity index (χ0) is 11.5. The van der Waals surface area contributed by atoms with Crippen molar-refractivity contribution in [3.05, 3.63) is 30.0 Å². The Hall–Kier alpha value is -1.88. The molecular formula is C11H13N3O2. The predicted octanol–water partition coefficient (Wildman–Crippen LogP) is 1.25. The van der Waals surface area contributed by atoms with Crippen molar-refractivity contribution >= 4 is 16.8 Å². The topological polar surface area (TPSA) is 56.1 Å². The van der Waals surface area contributed by atoms with E-state index in [4.69, 9.17) is 4.84 Å². The van der Waals surface area contributed by atoms with Crippen LogP contribution in [0.3, 0.4) is 0 Å². The van der Waals surface area contributed by atoms with Gasteiger partial charge in [0.1, 0.15) is 0 Å². The van der Waals surface area contributed by atoms with E-state index in [-0.39, 0.29) is 5.91 Å². The van der Waals surface area contributed by atoms with E-state index < -0.39 is 0 Å². The van der Waals surface area contributed by atoms with Gasteiger partial charge in [-0.05, 0) is 13.0 Å². The van der Waals surface area contributed by atoms with E-state index in [1.54, 1.807) is 18.7 Å². The third kappa shape index (κ3) is 1.77. The number of carbonyl (C=O) groups excluding carboxylic acids is 1. The first-order chi connectivity index (χ1) is 7.74. The van der Waals surface area contributed by atoms with Crippen LogP contribution in [0, 0.1) is 0 Å². The first-order valence-corrected chi connectivity index (χ1v) is 5.08. The summed E-state index contributed by atoms with van der Waals surface area (Å²) in [5.41, 5.74) is 3.64. The molecule has 0 fully saturated rings. The molecule has 0 bridgehead atoms. The summed E-state index contributed by atoms with van der Waals surface area (Å²) in [5, 5.41) is 4.99. The lowest BCUT2D eigenvalue weighted by atomic mass is 10.2. The Bertz CT molecular complexity index is 519. The second-order valence-corrected chi connectivity index (χ2v) is 3.35. The van der Waals surface area contributed by atoms with E-state index in [1.165, 1.54) is 0 Å². The minimum absolute atomic E-state index is 0.321. The molecule has 0 saturated carbocycles. The summed E-state index contributed by atoms with van der Waals surface area (Å²) in [7, 11) is 1.81. The summed E-state index contributed by atoms with van der Waals surface area (Å²) >= 11 is 0. The van der Waals surface area contributed by atoms with E-state index in [0.29, 0.717) is 12.3 Å². The SMILES string of the molecule is CCONC(=O)c1nn(C)c2ccccc12. The summed E-state index contributed by atoms with van der Waals surface area (Å²) < 4.78 is 1.68. The molecule has 0 aliphatic heterocycles. The number of fused-ring (bicyclic) bond motifs is 1. The van der Waals surface area contributed by atoms with Crippen LogP contribution in [0.5, 0.6) is 0 Å². The van der Waals surface area contributed by atoms with Gasteiger partial charge in [-0.3, -0.25) is 14.3 Å². The number of aromatic nitrogens is 2. The Labute approximate surface area is 93.0 Å². The smallest absolute Gasteiger partial charge is 0.274 e. The molecule has 84 valence electrons. The van der Waals surface area contributed by atoms with E-state index in [1.807, 2.05) is 24.3 Å². The lowest BCUT2D eigenvalue weighted by Crippen LogP contribution is -2.24. The van der Waals surface area contributed by atoms with Crippen LogP contribution in [0.15, 0.2) is 24.3 Å². The van der Waals surface area contributed by atoms with Crippen LogP contribution in [0.25, 0.3) is 10.9 Å². The number of rotatable bonds is 3. The molecule has 1 aromatic carbocycles. The van der Waals surface area contributed by atoms with Gasteiger partial charge in [-0.1, -0.05) is 18.2 Å². The fraction of sp³-hybridized carbons (Fsp3) is 0.273. The lowest BCUT2D eigenvalue weighted by Gasteiger charge is -2.00. The van der Waals surface area contributed by atoms with Gasteiger partial charge in [-0.25, -0.2) is 5.48 Å². The molecule has 1 N–H and O–H groups in total. The van der Waals surface area contributed by atoms with Gasteiger partial charge < -0.3 is 0 Å². The highest BCUT2D eigenvalue weighted by molar-refractivity contribution is 6.04. The summed E-state index contributed by atoms with van der Waals surface area (Å²) in [4.78, 5) is 16.6. The fourth-order valence-corrected chi connectivity index (χ4v) is 1.57. The predicted molar refractivity (Wildman–Crippen MR) is 59.8 cm³/mol. The first kappa shape index (κ1) is 10.6. The molecule has 1 heterocycles. The van der Waals surface area contributed by atoms with Gasteiger partial charge in [0.2, 0.25) is 0 Å². The normalized spacial score (nSPS) is 10.6. The highest BCUT2D eigenvalue weighted by Gasteiger charge is 2.15. The number of amides is 1. The van der Waals surface area contributed by atoms with Gasteiger partial charge in [-0.15, -0.1) is 0 Å². The molecule has 5 heteroatoms. The molecule has 0 radical (unpaired) electrons. The number of para-hydroxylation sites is 1. The number of hydroxylamine groups is 1.